The zero-order valence-electron chi connectivity index (χ0n) is 16.4. The number of carbonyl (C=O) groups excluding carboxylic acids is 2. The van der Waals surface area contributed by atoms with Crippen molar-refractivity contribution >= 4 is 11.8 Å². The van der Waals surface area contributed by atoms with Gasteiger partial charge >= 0.3 is 0 Å². The van der Waals surface area contributed by atoms with Gasteiger partial charge in [-0.1, -0.05) is 12.1 Å². The van der Waals surface area contributed by atoms with Crippen LogP contribution in [-0.4, -0.2) is 58.3 Å². The maximum Gasteiger partial charge on any atom is 0.274 e. The van der Waals surface area contributed by atoms with Gasteiger partial charge in [-0.3, -0.25) is 9.59 Å². The molecule has 3 heterocycles. The second-order valence-corrected chi connectivity index (χ2v) is 7.95. The zero-order valence-corrected chi connectivity index (χ0v) is 16.4. The largest absolute Gasteiger partial charge is 0.497 e. The number of piperidine rings is 1. The maximum absolute atomic E-state index is 12.7. The lowest BCUT2D eigenvalue weighted by Crippen LogP contribution is -2.44. The monoisotopic (exact) mass is 382 g/mol. The molecule has 2 aromatic rings. The van der Waals surface area contributed by atoms with Crippen LogP contribution in [0.15, 0.2) is 30.6 Å². The molecule has 7 heteroatoms. The van der Waals surface area contributed by atoms with E-state index < -0.39 is 0 Å². The van der Waals surface area contributed by atoms with Crippen LogP contribution < -0.4 is 4.74 Å². The van der Waals surface area contributed by atoms with Gasteiger partial charge in [0.05, 0.1) is 13.4 Å². The predicted octanol–water partition coefficient (Wildman–Crippen LogP) is 2.38. The molecule has 0 aliphatic carbocycles. The Kier molecular flexibility index (Phi) is 4.83. The standard InChI is InChI=1S/C21H26N4O3/c1-15-19(23-14-22-15)20(27)24-8-6-21(7-9-24)11-18(26)25(13-21)12-16-4-3-5-17(10-16)28-2/h3-5,10,14H,6-9,11-13H2,1-2H3,(H,22,23). The van der Waals surface area contributed by atoms with Crippen molar-refractivity contribution in [2.24, 2.45) is 5.41 Å². The first kappa shape index (κ1) is 18.5. The Balaban J connectivity index is 1.39. The number of hydrogen-bond acceptors (Lipinski definition) is 4. The number of aromatic amines is 1. The summed E-state index contributed by atoms with van der Waals surface area (Å²) in [4.78, 5) is 36.2. The number of carbonyl (C=O) groups is 2. The molecule has 2 fully saturated rings. The molecule has 1 aromatic carbocycles. The third-order valence-corrected chi connectivity index (χ3v) is 6.06. The predicted molar refractivity (Wildman–Crippen MR) is 104 cm³/mol. The first-order valence-electron chi connectivity index (χ1n) is 9.70. The van der Waals surface area contributed by atoms with Crippen molar-refractivity contribution in [3.63, 3.8) is 0 Å². The van der Waals surface area contributed by atoms with Gasteiger partial charge in [0.2, 0.25) is 5.91 Å². The van der Waals surface area contributed by atoms with Crippen LogP contribution in [0.5, 0.6) is 5.75 Å². The Bertz CT molecular complexity index is 883. The second kappa shape index (κ2) is 7.30. The first-order chi connectivity index (χ1) is 13.5. The Morgan fingerprint density at radius 2 is 2.11 bits per heavy atom. The van der Waals surface area contributed by atoms with Crippen molar-refractivity contribution in [3.8, 4) is 5.75 Å². The molecule has 4 rings (SSSR count). The van der Waals surface area contributed by atoms with E-state index in [0.29, 0.717) is 31.7 Å². The molecule has 0 radical (unpaired) electrons. The van der Waals surface area contributed by atoms with E-state index in [1.165, 1.54) is 0 Å². The third kappa shape index (κ3) is 3.48. The number of aryl methyl sites for hydroxylation is 1. The summed E-state index contributed by atoms with van der Waals surface area (Å²) in [7, 11) is 1.65. The van der Waals surface area contributed by atoms with Gasteiger partial charge in [-0.05, 0) is 37.5 Å². The number of rotatable bonds is 4. The summed E-state index contributed by atoms with van der Waals surface area (Å²) in [6.07, 6.45) is 3.83. The van der Waals surface area contributed by atoms with Crippen LogP contribution in [0.4, 0.5) is 0 Å². The van der Waals surface area contributed by atoms with E-state index >= 15 is 0 Å². The number of nitrogens with one attached hydrogen (secondary N) is 1. The zero-order chi connectivity index (χ0) is 19.7. The third-order valence-electron chi connectivity index (χ3n) is 6.06. The van der Waals surface area contributed by atoms with E-state index in [0.717, 1.165) is 36.4 Å². The van der Waals surface area contributed by atoms with Crippen LogP contribution in [0.3, 0.4) is 0 Å². The van der Waals surface area contributed by atoms with Crippen LogP contribution in [0.2, 0.25) is 0 Å². The van der Waals surface area contributed by atoms with Crippen LogP contribution >= 0.6 is 0 Å². The molecule has 0 saturated carbocycles. The molecule has 1 aromatic heterocycles. The fourth-order valence-corrected chi connectivity index (χ4v) is 4.36. The Hall–Kier alpha value is -2.83. The van der Waals surface area contributed by atoms with E-state index in [4.69, 9.17) is 4.74 Å². The first-order valence-corrected chi connectivity index (χ1v) is 9.70. The highest BCUT2D eigenvalue weighted by molar-refractivity contribution is 5.93. The Morgan fingerprint density at radius 1 is 1.32 bits per heavy atom. The maximum atomic E-state index is 12.7. The van der Waals surface area contributed by atoms with Crippen LogP contribution in [0.25, 0.3) is 0 Å². The van der Waals surface area contributed by atoms with E-state index in [9.17, 15) is 9.59 Å². The number of hydrogen-bond donors (Lipinski definition) is 1. The highest BCUT2D eigenvalue weighted by Crippen LogP contribution is 2.41. The van der Waals surface area contributed by atoms with Crippen LogP contribution in [0, 0.1) is 12.3 Å². The molecule has 0 bridgehead atoms. The van der Waals surface area contributed by atoms with Crippen molar-refractivity contribution < 1.29 is 14.3 Å². The molecule has 2 amide bonds. The molecule has 2 aliphatic rings. The lowest BCUT2D eigenvalue weighted by atomic mass is 9.77. The number of nitrogens with zero attached hydrogens (tertiary/aromatic N) is 3. The second-order valence-electron chi connectivity index (χ2n) is 7.95. The Labute approximate surface area is 164 Å². The lowest BCUT2D eigenvalue weighted by Gasteiger charge is -2.38. The van der Waals surface area contributed by atoms with Gasteiger partial charge in [-0.15, -0.1) is 0 Å². The molecule has 7 nitrogen and oxygen atoms in total. The molecular formula is C21H26N4O3. The molecule has 28 heavy (non-hydrogen) atoms. The number of aromatic nitrogens is 2. The minimum atomic E-state index is -0.0221. The van der Waals surface area contributed by atoms with Crippen molar-refractivity contribution in [2.45, 2.75) is 32.7 Å². The number of likely N-dealkylation sites (tertiary alicyclic amines) is 2. The Morgan fingerprint density at radius 3 is 2.79 bits per heavy atom. The van der Waals surface area contributed by atoms with Crippen molar-refractivity contribution in [1.29, 1.82) is 0 Å². The smallest absolute Gasteiger partial charge is 0.274 e. The van der Waals surface area contributed by atoms with Crippen LogP contribution in [-0.2, 0) is 11.3 Å². The van der Waals surface area contributed by atoms with Gasteiger partial charge in [0.15, 0.2) is 0 Å². The quantitative estimate of drug-likeness (QED) is 0.881. The number of amides is 2. The van der Waals surface area contributed by atoms with Crippen molar-refractivity contribution in [1.82, 2.24) is 19.8 Å². The summed E-state index contributed by atoms with van der Waals surface area (Å²) in [6, 6.07) is 7.86. The van der Waals surface area contributed by atoms with Crippen molar-refractivity contribution in [3.05, 3.63) is 47.5 Å². The number of imidazole rings is 1. The van der Waals surface area contributed by atoms with Gasteiger partial charge in [-0.25, -0.2) is 4.98 Å². The fourth-order valence-electron chi connectivity index (χ4n) is 4.36. The van der Waals surface area contributed by atoms with Gasteiger partial charge in [-0.2, -0.15) is 0 Å². The number of benzene rings is 1. The minimum absolute atomic E-state index is 0.0205. The van der Waals surface area contributed by atoms with E-state index in [2.05, 4.69) is 9.97 Å². The molecule has 1 spiro atoms. The highest BCUT2D eigenvalue weighted by atomic mass is 16.5. The summed E-state index contributed by atoms with van der Waals surface area (Å²) in [5, 5.41) is 0. The summed E-state index contributed by atoms with van der Waals surface area (Å²) in [5.74, 6) is 0.983. The molecule has 0 unspecified atom stereocenters. The van der Waals surface area contributed by atoms with Gasteiger partial charge in [0, 0.05) is 43.7 Å². The summed E-state index contributed by atoms with van der Waals surface area (Å²) < 4.78 is 5.28. The topological polar surface area (TPSA) is 78.5 Å². The molecular weight excluding hydrogens is 356 g/mol. The summed E-state index contributed by atoms with van der Waals surface area (Å²) in [5.41, 5.74) is 2.35. The highest BCUT2D eigenvalue weighted by Gasteiger charge is 2.45. The van der Waals surface area contributed by atoms with Crippen molar-refractivity contribution in [2.75, 3.05) is 26.7 Å². The van der Waals surface area contributed by atoms with E-state index in [-0.39, 0.29) is 17.2 Å². The number of H-pyrrole nitrogens is 1. The molecule has 148 valence electrons. The van der Waals surface area contributed by atoms with Gasteiger partial charge in [0.25, 0.3) is 5.91 Å². The number of methoxy groups -OCH3 is 1. The SMILES string of the molecule is COc1cccc(CN2CC3(CCN(C(=O)c4nc[nH]c4C)CC3)CC2=O)c1. The summed E-state index contributed by atoms with van der Waals surface area (Å²) >= 11 is 0. The lowest BCUT2D eigenvalue weighted by molar-refractivity contribution is -0.128. The van der Waals surface area contributed by atoms with Crippen LogP contribution in [0.1, 0.15) is 41.0 Å². The summed E-state index contributed by atoms with van der Waals surface area (Å²) in [6.45, 7) is 4.56. The molecule has 2 saturated heterocycles. The van der Waals surface area contributed by atoms with E-state index in [1.807, 2.05) is 41.0 Å². The van der Waals surface area contributed by atoms with Gasteiger partial charge in [0.1, 0.15) is 11.4 Å². The van der Waals surface area contributed by atoms with Gasteiger partial charge < -0.3 is 19.5 Å². The minimum Gasteiger partial charge on any atom is -0.497 e. The average molecular weight is 382 g/mol. The molecule has 0 atom stereocenters. The van der Waals surface area contributed by atoms with E-state index in [1.54, 1.807) is 13.4 Å². The normalized spacial score (nSPS) is 18.7. The molecule has 1 N–H and O–H groups in total. The molecule has 2 aliphatic heterocycles. The number of ether oxygens (including phenoxy) is 1. The fraction of sp³-hybridized carbons (Fsp3) is 0.476. The average Bonchev–Trinajstić information content (AvgIpc) is 3.25.